The molecule has 0 spiro atoms. The average Bonchev–Trinajstić information content (AvgIpc) is 2.30. The van der Waals surface area contributed by atoms with E-state index in [0.717, 1.165) is 12.4 Å². The third-order valence-electron chi connectivity index (χ3n) is 1.88. The van der Waals surface area contributed by atoms with Crippen LogP contribution in [0.1, 0.15) is 5.56 Å². The minimum atomic E-state index is -4.43. The van der Waals surface area contributed by atoms with Crippen molar-refractivity contribution in [2.45, 2.75) is 6.18 Å². The summed E-state index contributed by atoms with van der Waals surface area (Å²) < 4.78 is 36.7. The van der Waals surface area contributed by atoms with Crippen molar-refractivity contribution in [2.75, 3.05) is 5.32 Å². The molecule has 0 radical (unpaired) electrons. The minimum Gasteiger partial charge on any atom is -0.309 e. The fourth-order valence-electron chi connectivity index (χ4n) is 1.09. The standard InChI is InChI=1S/C10H7F3N4/c11-10(12,13)7-5-15-9(16-6-7)17-8-3-1-2-4-14-8/h1-6H,(H,14,15,16,17). The van der Waals surface area contributed by atoms with Crippen molar-refractivity contribution in [1.29, 1.82) is 0 Å². The zero-order valence-corrected chi connectivity index (χ0v) is 8.44. The maximum Gasteiger partial charge on any atom is 0.419 e. The van der Waals surface area contributed by atoms with Gasteiger partial charge in [-0.3, -0.25) is 0 Å². The Labute approximate surface area is 94.6 Å². The second-order valence-corrected chi connectivity index (χ2v) is 3.13. The zero-order valence-electron chi connectivity index (χ0n) is 8.44. The van der Waals surface area contributed by atoms with Gasteiger partial charge in [0.05, 0.1) is 5.56 Å². The second kappa shape index (κ2) is 4.36. The van der Waals surface area contributed by atoms with Crippen LogP contribution in [0.2, 0.25) is 0 Å². The summed E-state index contributed by atoms with van der Waals surface area (Å²) in [5.41, 5.74) is -0.885. The molecule has 2 rings (SSSR count). The maximum absolute atomic E-state index is 12.2. The highest BCUT2D eigenvalue weighted by Crippen LogP contribution is 2.28. The zero-order chi connectivity index (χ0) is 12.3. The van der Waals surface area contributed by atoms with Crippen molar-refractivity contribution in [3.05, 3.63) is 42.4 Å². The quantitative estimate of drug-likeness (QED) is 0.876. The van der Waals surface area contributed by atoms with Crippen molar-refractivity contribution in [2.24, 2.45) is 0 Å². The third-order valence-corrected chi connectivity index (χ3v) is 1.88. The van der Waals surface area contributed by atoms with Gasteiger partial charge in [0.15, 0.2) is 0 Å². The molecule has 2 aromatic rings. The molecule has 0 fully saturated rings. The highest BCUT2D eigenvalue weighted by molar-refractivity contribution is 5.46. The fraction of sp³-hybridized carbons (Fsp3) is 0.100. The molecule has 4 nitrogen and oxygen atoms in total. The first-order valence-electron chi connectivity index (χ1n) is 4.63. The van der Waals surface area contributed by atoms with Crippen molar-refractivity contribution in [1.82, 2.24) is 15.0 Å². The first kappa shape index (κ1) is 11.3. The minimum absolute atomic E-state index is 0.0664. The molecule has 88 valence electrons. The van der Waals surface area contributed by atoms with E-state index in [1.54, 1.807) is 24.4 Å². The van der Waals surface area contributed by atoms with Crippen LogP contribution >= 0.6 is 0 Å². The normalized spacial score (nSPS) is 11.2. The molecule has 0 aromatic carbocycles. The summed E-state index contributed by atoms with van der Waals surface area (Å²) in [6, 6.07) is 5.11. The first-order valence-corrected chi connectivity index (χ1v) is 4.63. The SMILES string of the molecule is FC(F)(F)c1cnc(Nc2ccccn2)nc1. The lowest BCUT2D eigenvalue weighted by Gasteiger charge is -2.06. The van der Waals surface area contributed by atoms with Gasteiger partial charge in [0.1, 0.15) is 5.82 Å². The van der Waals surface area contributed by atoms with Crippen LogP contribution in [0.4, 0.5) is 24.9 Å². The smallest absolute Gasteiger partial charge is 0.309 e. The number of halogens is 3. The Morgan fingerprint density at radius 2 is 1.71 bits per heavy atom. The van der Waals surface area contributed by atoms with E-state index in [-0.39, 0.29) is 5.95 Å². The van der Waals surface area contributed by atoms with E-state index in [0.29, 0.717) is 5.82 Å². The Kier molecular flexibility index (Phi) is 2.90. The lowest BCUT2D eigenvalue weighted by Crippen LogP contribution is -2.07. The molecule has 0 atom stereocenters. The Balaban J connectivity index is 2.14. The van der Waals surface area contributed by atoms with E-state index in [9.17, 15) is 13.2 Å². The molecule has 0 bridgehead atoms. The molecular formula is C10H7F3N4. The monoisotopic (exact) mass is 240 g/mol. The van der Waals surface area contributed by atoms with Crippen LogP contribution < -0.4 is 5.32 Å². The molecular weight excluding hydrogens is 233 g/mol. The van der Waals surface area contributed by atoms with Crippen molar-refractivity contribution in [3.8, 4) is 0 Å². The van der Waals surface area contributed by atoms with Gasteiger partial charge in [-0.05, 0) is 12.1 Å². The number of hydrogen-bond acceptors (Lipinski definition) is 4. The molecule has 7 heteroatoms. The number of alkyl halides is 3. The number of nitrogens with zero attached hydrogens (tertiary/aromatic N) is 3. The van der Waals surface area contributed by atoms with E-state index in [1.807, 2.05) is 0 Å². The van der Waals surface area contributed by atoms with Crippen molar-refractivity contribution >= 4 is 11.8 Å². The fourth-order valence-corrected chi connectivity index (χ4v) is 1.09. The van der Waals surface area contributed by atoms with Gasteiger partial charge in [0, 0.05) is 18.6 Å². The average molecular weight is 240 g/mol. The van der Waals surface area contributed by atoms with E-state index in [1.165, 1.54) is 0 Å². The lowest BCUT2D eigenvalue weighted by molar-refractivity contribution is -0.138. The van der Waals surface area contributed by atoms with Gasteiger partial charge in [0.25, 0.3) is 0 Å². The van der Waals surface area contributed by atoms with Gasteiger partial charge < -0.3 is 5.32 Å². The topological polar surface area (TPSA) is 50.7 Å². The number of rotatable bonds is 2. The number of anilines is 2. The summed E-state index contributed by atoms with van der Waals surface area (Å²) in [6.07, 6.45) is -1.44. The lowest BCUT2D eigenvalue weighted by atomic mass is 10.3. The van der Waals surface area contributed by atoms with Gasteiger partial charge >= 0.3 is 6.18 Å². The van der Waals surface area contributed by atoms with Crippen LogP contribution in [-0.2, 0) is 6.18 Å². The van der Waals surface area contributed by atoms with Gasteiger partial charge in [0.2, 0.25) is 5.95 Å². The molecule has 0 aliphatic heterocycles. The number of nitrogens with one attached hydrogen (secondary N) is 1. The van der Waals surface area contributed by atoms with Crippen LogP contribution in [0.15, 0.2) is 36.8 Å². The Morgan fingerprint density at radius 3 is 2.24 bits per heavy atom. The molecule has 0 saturated carbocycles. The molecule has 0 amide bonds. The molecule has 0 unspecified atom stereocenters. The maximum atomic E-state index is 12.2. The van der Waals surface area contributed by atoms with E-state index in [2.05, 4.69) is 20.3 Å². The van der Waals surface area contributed by atoms with E-state index in [4.69, 9.17) is 0 Å². The summed E-state index contributed by atoms with van der Waals surface area (Å²) in [7, 11) is 0. The highest BCUT2D eigenvalue weighted by atomic mass is 19.4. The Hall–Kier alpha value is -2.18. The van der Waals surface area contributed by atoms with Gasteiger partial charge in [-0.15, -0.1) is 0 Å². The predicted octanol–water partition coefficient (Wildman–Crippen LogP) is 2.63. The summed E-state index contributed by atoms with van der Waals surface area (Å²) in [6.45, 7) is 0. The molecule has 2 aromatic heterocycles. The number of pyridine rings is 1. The molecule has 1 N–H and O–H groups in total. The molecule has 0 aliphatic carbocycles. The summed E-state index contributed by atoms with van der Waals surface area (Å²) in [5.74, 6) is 0.531. The molecule has 2 heterocycles. The Morgan fingerprint density at radius 1 is 1.00 bits per heavy atom. The van der Waals surface area contributed by atoms with E-state index < -0.39 is 11.7 Å². The summed E-state index contributed by atoms with van der Waals surface area (Å²) >= 11 is 0. The Bertz CT molecular complexity index is 481. The van der Waals surface area contributed by atoms with Crippen LogP contribution in [0, 0.1) is 0 Å². The third kappa shape index (κ3) is 2.90. The largest absolute Gasteiger partial charge is 0.419 e. The molecule has 17 heavy (non-hydrogen) atoms. The van der Waals surface area contributed by atoms with Crippen LogP contribution in [-0.4, -0.2) is 15.0 Å². The van der Waals surface area contributed by atoms with Gasteiger partial charge in [-0.2, -0.15) is 13.2 Å². The van der Waals surface area contributed by atoms with Gasteiger partial charge in [-0.25, -0.2) is 15.0 Å². The van der Waals surface area contributed by atoms with Crippen molar-refractivity contribution < 1.29 is 13.2 Å². The number of aromatic nitrogens is 3. The molecule has 0 saturated heterocycles. The second-order valence-electron chi connectivity index (χ2n) is 3.13. The highest BCUT2D eigenvalue weighted by Gasteiger charge is 2.31. The van der Waals surface area contributed by atoms with Gasteiger partial charge in [-0.1, -0.05) is 6.07 Å². The molecule has 0 aliphatic rings. The first-order chi connectivity index (χ1) is 8.05. The number of hydrogen-bond donors (Lipinski definition) is 1. The van der Waals surface area contributed by atoms with Crippen molar-refractivity contribution in [3.63, 3.8) is 0 Å². The van der Waals surface area contributed by atoms with Crippen LogP contribution in [0.5, 0.6) is 0 Å². The summed E-state index contributed by atoms with van der Waals surface area (Å²) in [4.78, 5) is 11.0. The van der Waals surface area contributed by atoms with E-state index >= 15 is 0 Å². The predicted molar refractivity (Wildman–Crippen MR) is 54.6 cm³/mol. The van der Waals surface area contributed by atoms with Crippen LogP contribution in [0.3, 0.4) is 0 Å². The summed E-state index contributed by atoms with van der Waals surface area (Å²) in [5, 5.41) is 2.68. The van der Waals surface area contributed by atoms with Crippen LogP contribution in [0.25, 0.3) is 0 Å².